The normalized spacial score (nSPS) is 15.0. The third-order valence-corrected chi connectivity index (χ3v) is 7.95. The van der Waals surface area contributed by atoms with E-state index in [1.807, 2.05) is 71.6 Å². The van der Waals surface area contributed by atoms with Gasteiger partial charge in [0.15, 0.2) is 0 Å². The molecule has 4 aromatic carbocycles. The molecule has 0 radical (unpaired) electrons. The molecule has 1 unspecified atom stereocenters. The molecule has 1 N–H and O–H groups in total. The van der Waals surface area contributed by atoms with Crippen LogP contribution in [0.2, 0.25) is 0 Å². The molecule has 0 aliphatic heterocycles. The molecule has 1 aliphatic rings. The van der Waals surface area contributed by atoms with Crippen LogP contribution in [-0.4, -0.2) is 19.7 Å². The van der Waals surface area contributed by atoms with E-state index in [4.69, 9.17) is 5.10 Å². The second kappa shape index (κ2) is 10.1. The Kier molecular flexibility index (Phi) is 6.16. The molecule has 6 aromatic rings. The standard InChI is InChI=1S/C35H26F2N4/c36-29-17-10-18-30(37)33(29)34-28(24-19-20-31-32(21-24)39-23-38-31)22-41(40-34)35(25-11-4-1-5-12-25,26-13-6-2-7-14-26)27-15-8-3-9-16-27/h1-15,17-23,27H,16H2,(H,38,39). The molecule has 0 fully saturated rings. The minimum atomic E-state index is -0.809. The van der Waals surface area contributed by atoms with Crippen molar-refractivity contribution < 1.29 is 8.78 Å². The Balaban J connectivity index is 1.58. The van der Waals surface area contributed by atoms with Gasteiger partial charge in [-0.2, -0.15) is 5.10 Å². The molecule has 1 aliphatic carbocycles. The summed E-state index contributed by atoms with van der Waals surface area (Å²) in [6.45, 7) is 0. The lowest BCUT2D eigenvalue weighted by atomic mass is 9.70. The highest BCUT2D eigenvalue weighted by molar-refractivity contribution is 5.87. The summed E-state index contributed by atoms with van der Waals surface area (Å²) in [5.41, 5.74) is 4.36. The van der Waals surface area contributed by atoms with Crippen molar-refractivity contribution in [2.45, 2.75) is 12.0 Å². The van der Waals surface area contributed by atoms with E-state index in [2.05, 4.69) is 52.5 Å². The summed E-state index contributed by atoms with van der Waals surface area (Å²) in [6, 6.07) is 30.1. The highest BCUT2D eigenvalue weighted by atomic mass is 19.1. The Labute approximate surface area is 236 Å². The van der Waals surface area contributed by atoms with Crippen molar-refractivity contribution >= 4 is 11.0 Å². The molecule has 0 spiro atoms. The molecule has 41 heavy (non-hydrogen) atoms. The number of aromatic nitrogens is 4. The van der Waals surface area contributed by atoms with Gasteiger partial charge in [0.1, 0.15) is 22.9 Å². The summed E-state index contributed by atoms with van der Waals surface area (Å²) in [5, 5.41) is 5.10. The molecule has 2 aromatic heterocycles. The third kappa shape index (κ3) is 4.11. The van der Waals surface area contributed by atoms with Crippen LogP contribution in [0.15, 0.2) is 134 Å². The molecule has 200 valence electrons. The Hall–Kier alpha value is -5.10. The van der Waals surface area contributed by atoms with E-state index in [-0.39, 0.29) is 17.2 Å². The summed E-state index contributed by atoms with van der Waals surface area (Å²) < 4.78 is 32.7. The Morgan fingerprint density at radius 2 is 1.51 bits per heavy atom. The van der Waals surface area contributed by atoms with E-state index in [0.717, 1.165) is 34.1 Å². The van der Waals surface area contributed by atoms with Crippen molar-refractivity contribution in [2.24, 2.45) is 5.92 Å². The van der Waals surface area contributed by atoms with Crippen molar-refractivity contribution in [1.82, 2.24) is 19.7 Å². The zero-order valence-corrected chi connectivity index (χ0v) is 22.1. The first-order valence-corrected chi connectivity index (χ1v) is 13.6. The van der Waals surface area contributed by atoms with Gasteiger partial charge in [0, 0.05) is 17.7 Å². The third-order valence-electron chi connectivity index (χ3n) is 7.95. The molecular weight excluding hydrogens is 514 g/mol. The number of halogens is 2. The molecule has 0 saturated heterocycles. The average molecular weight is 541 g/mol. The number of aromatic amines is 1. The van der Waals surface area contributed by atoms with E-state index in [9.17, 15) is 0 Å². The zero-order valence-electron chi connectivity index (χ0n) is 22.1. The fourth-order valence-corrected chi connectivity index (χ4v) is 6.08. The first-order chi connectivity index (χ1) is 20.2. The summed E-state index contributed by atoms with van der Waals surface area (Å²) in [5.74, 6) is -1.35. The molecular formula is C35H26F2N4. The quantitative estimate of drug-likeness (QED) is 0.231. The van der Waals surface area contributed by atoms with Crippen LogP contribution >= 0.6 is 0 Å². The van der Waals surface area contributed by atoms with Crippen LogP contribution in [0.25, 0.3) is 33.4 Å². The fourth-order valence-electron chi connectivity index (χ4n) is 6.08. The summed E-state index contributed by atoms with van der Waals surface area (Å²) in [6.07, 6.45) is 12.8. The monoisotopic (exact) mass is 540 g/mol. The Morgan fingerprint density at radius 3 is 2.17 bits per heavy atom. The van der Waals surface area contributed by atoms with E-state index >= 15 is 8.78 Å². The van der Waals surface area contributed by atoms with Crippen molar-refractivity contribution in [3.8, 4) is 22.4 Å². The lowest BCUT2D eigenvalue weighted by Gasteiger charge is -2.41. The molecule has 4 nitrogen and oxygen atoms in total. The highest BCUT2D eigenvalue weighted by Gasteiger charge is 2.44. The highest BCUT2D eigenvalue weighted by Crippen LogP contribution is 2.46. The fraction of sp³-hybridized carbons (Fsp3) is 0.0857. The molecule has 0 amide bonds. The summed E-state index contributed by atoms with van der Waals surface area (Å²) in [4.78, 5) is 7.49. The van der Waals surface area contributed by atoms with Crippen LogP contribution in [0.4, 0.5) is 8.78 Å². The predicted octanol–water partition coefficient (Wildman–Crippen LogP) is 8.30. The zero-order chi connectivity index (χ0) is 27.8. The number of benzene rings is 4. The van der Waals surface area contributed by atoms with Crippen LogP contribution in [0.5, 0.6) is 0 Å². The number of imidazole rings is 1. The Morgan fingerprint density at radius 1 is 0.805 bits per heavy atom. The van der Waals surface area contributed by atoms with Gasteiger partial charge in [0.25, 0.3) is 0 Å². The number of hydrogen-bond donors (Lipinski definition) is 1. The number of fused-ring (bicyclic) bond motifs is 1. The number of nitrogens with one attached hydrogen (secondary N) is 1. The molecule has 2 heterocycles. The lowest BCUT2D eigenvalue weighted by molar-refractivity contribution is 0.293. The van der Waals surface area contributed by atoms with E-state index < -0.39 is 17.2 Å². The molecule has 6 heteroatoms. The van der Waals surface area contributed by atoms with Gasteiger partial charge >= 0.3 is 0 Å². The largest absolute Gasteiger partial charge is 0.345 e. The summed E-state index contributed by atoms with van der Waals surface area (Å²) >= 11 is 0. The maximum Gasteiger partial charge on any atom is 0.135 e. The van der Waals surface area contributed by atoms with Gasteiger partial charge in [0.2, 0.25) is 0 Å². The average Bonchev–Trinajstić information content (AvgIpc) is 3.67. The van der Waals surface area contributed by atoms with Gasteiger partial charge in [-0.05, 0) is 47.4 Å². The van der Waals surface area contributed by atoms with E-state index in [1.165, 1.54) is 18.2 Å². The van der Waals surface area contributed by atoms with Gasteiger partial charge in [-0.15, -0.1) is 0 Å². The van der Waals surface area contributed by atoms with Gasteiger partial charge in [-0.25, -0.2) is 13.8 Å². The predicted molar refractivity (Wildman–Crippen MR) is 158 cm³/mol. The van der Waals surface area contributed by atoms with Crippen molar-refractivity contribution in [3.05, 3.63) is 157 Å². The van der Waals surface area contributed by atoms with Crippen LogP contribution in [-0.2, 0) is 5.54 Å². The van der Waals surface area contributed by atoms with E-state index in [1.54, 1.807) is 6.33 Å². The SMILES string of the molecule is Fc1cccc(F)c1-c1nn(C(c2ccccc2)(c2ccccc2)C2C=CC=CC2)cc1-c1ccc2nc[nH]c2c1. The molecule has 0 saturated carbocycles. The van der Waals surface area contributed by atoms with Crippen molar-refractivity contribution in [3.63, 3.8) is 0 Å². The van der Waals surface area contributed by atoms with Crippen LogP contribution in [0.3, 0.4) is 0 Å². The van der Waals surface area contributed by atoms with E-state index in [0.29, 0.717) is 5.56 Å². The van der Waals surface area contributed by atoms with Crippen molar-refractivity contribution in [2.75, 3.05) is 0 Å². The summed E-state index contributed by atoms with van der Waals surface area (Å²) in [7, 11) is 0. The van der Waals surface area contributed by atoms with Crippen LogP contribution < -0.4 is 0 Å². The van der Waals surface area contributed by atoms with Gasteiger partial charge in [-0.3, -0.25) is 4.68 Å². The number of hydrogen-bond acceptors (Lipinski definition) is 2. The number of nitrogens with zero attached hydrogens (tertiary/aromatic N) is 3. The first kappa shape index (κ1) is 24.9. The van der Waals surface area contributed by atoms with Crippen LogP contribution in [0.1, 0.15) is 17.5 Å². The minimum absolute atomic E-state index is 0.0292. The number of H-pyrrole nitrogens is 1. The van der Waals surface area contributed by atoms with Gasteiger partial charge < -0.3 is 4.98 Å². The smallest absolute Gasteiger partial charge is 0.135 e. The molecule has 1 atom stereocenters. The first-order valence-electron chi connectivity index (χ1n) is 13.6. The van der Waals surface area contributed by atoms with Gasteiger partial charge in [0.05, 0.1) is 22.9 Å². The van der Waals surface area contributed by atoms with Crippen LogP contribution in [0, 0.1) is 17.6 Å². The maximum atomic E-state index is 15.4. The second-order valence-corrected chi connectivity index (χ2v) is 10.2. The number of rotatable bonds is 6. The Bertz CT molecular complexity index is 1840. The number of allylic oxidation sites excluding steroid dienone is 4. The van der Waals surface area contributed by atoms with Crippen molar-refractivity contribution in [1.29, 1.82) is 0 Å². The molecule has 7 rings (SSSR count). The van der Waals surface area contributed by atoms with Gasteiger partial charge in [-0.1, -0.05) is 97.1 Å². The maximum absolute atomic E-state index is 15.4. The topological polar surface area (TPSA) is 46.5 Å². The molecule has 0 bridgehead atoms. The second-order valence-electron chi connectivity index (χ2n) is 10.2. The lowest BCUT2D eigenvalue weighted by Crippen LogP contribution is -2.43. The minimum Gasteiger partial charge on any atom is -0.345 e.